The Bertz CT molecular complexity index is 166. The summed E-state index contributed by atoms with van der Waals surface area (Å²) in [4.78, 5) is 0. The van der Waals surface area contributed by atoms with E-state index in [0.717, 1.165) is 0 Å². The maximum atomic E-state index is 4.14. The molecule has 1 aliphatic carbocycles. The van der Waals surface area contributed by atoms with Crippen molar-refractivity contribution >= 4 is 0 Å². The van der Waals surface area contributed by atoms with Crippen LogP contribution in [0.25, 0.3) is 0 Å². The average Bonchev–Trinajstić information content (AvgIpc) is 2.45. The second kappa shape index (κ2) is 6.10. The first-order valence-corrected chi connectivity index (χ1v) is 6.19. The number of allylic oxidation sites excluding steroid dienone is 1. The van der Waals surface area contributed by atoms with E-state index in [0.29, 0.717) is 12.0 Å². The first-order valence-electron chi connectivity index (χ1n) is 6.19. The lowest BCUT2D eigenvalue weighted by Crippen LogP contribution is -2.29. The standard InChI is InChI=1S/C13H25N/c1-4-11(2)12(3)14-13-9-7-5-6-8-10-13/h11,13-14H,3-10H2,1-2H3. The third kappa shape index (κ3) is 3.73. The summed E-state index contributed by atoms with van der Waals surface area (Å²) in [6, 6.07) is 0.707. The molecule has 1 fully saturated rings. The summed E-state index contributed by atoms with van der Waals surface area (Å²) in [6.45, 7) is 8.62. The Kier molecular flexibility index (Phi) is 5.06. The summed E-state index contributed by atoms with van der Waals surface area (Å²) in [5.41, 5.74) is 1.25. The molecule has 0 radical (unpaired) electrons. The van der Waals surface area contributed by atoms with Gasteiger partial charge in [-0.05, 0) is 25.2 Å². The normalized spacial score (nSPS) is 21.3. The summed E-state index contributed by atoms with van der Waals surface area (Å²) in [6.07, 6.45) is 9.52. The van der Waals surface area contributed by atoms with Crippen molar-refractivity contribution in [2.24, 2.45) is 5.92 Å². The topological polar surface area (TPSA) is 12.0 Å². The minimum Gasteiger partial charge on any atom is -0.386 e. The molecule has 0 aliphatic heterocycles. The van der Waals surface area contributed by atoms with Crippen LogP contribution in [0.15, 0.2) is 12.3 Å². The van der Waals surface area contributed by atoms with Crippen molar-refractivity contribution in [3.8, 4) is 0 Å². The zero-order valence-corrected chi connectivity index (χ0v) is 9.81. The second-order valence-corrected chi connectivity index (χ2v) is 4.67. The van der Waals surface area contributed by atoms with E-state index >= 15 is 0 Å². The number of nitrogens with one attached hydrogen (secondary N) is 1. The Hall–Kier alpha value is -0.460. The molecule has 1 nitrogen and oxygen atoms in total. The van der Waals surface area contributed by atoms with Crippen LogP contribution in [0, 0.1) is 5.92 Å². The molecular weight excluding hydrogens is 170 g/mol. The highest BCUT2D eigenvalue weighted by Crippen LogP contribution is 2.19. The van der Waals surface area contributed by atoms with E-state index in [9.17, 15) is 0 Å². The monoisotopic (exact) mass is 195 g/mol. The molecule has 1 N–H and O–H groups in total. The van der Waals surface area contributed by atoms with Crippen molar-refractivity contribution in [1.29, 1.82) is 0 Å². The number of hydrogen-bond acceptors (Lipinski definition) is 1. The van der Waals surface area contributed by atoms with Gasteiger partial charge in [0.1, 0.15) is 0 Å². The highest BCUT2D eigenvalue weighted by Gasteiger charge is 2.13. The van der Waals surface area contributed by atoms with Crippen LogP contribution in [0.5, 0.6) is 0 Å². The molecule has 14 heavy (non-hydrogen) atoms. The Morgan fingerprint density at radius 3 is 2.36 bits per heavy atom. The van der Waals surface area contributed by atoms with Crippen molar-refractivity contribution in [2.45, 2.75) is 64.8 Å². The maximum absolute atomic E-state index is 4.14. The molecule has 0 aromatic rings. The molecule has 0 spiro atoms. The fraction of sp³-hybridized carbons (Fsp3) is 0.846. The molecule has 0 aromatic carbocycles. The van der Waals surface area contributed by atoms with Gasteiger partial charge in [0.15, 0.2) is 0 Å². The molecule has 0 aromatic heterocycles. The first kappa shape index (κ1) is 11.6. The molecule has 1 saturated carbocycles. The van der Waals surface area contributed by atoms with Gasteiger partial charge in [0.25, 0.3) is 0 Å². The van der Waals surface area contributed by atoms with Crippen molar-refractivity contribution in [3.05, 3.63) is 12.3 Å². The molecule has 1 atom stereocenters. The minimum absolute atomic E-state index is 0.623. The smallest absolute Gasteiger partial charge is 0.0258 e. The quantitative estimate of drug-likeness (QED) is 0.672. The van der Waals surface area contributed by atoms with Crippen LogP contribution in [0.2, 0.25) is 0 Å². The van der Waals surface area contributed by atoms with Gasteiger partial charge in [-0.1, -0.05) is 46.1 Å². The maximum Gasteiger partial charge on any atom is 0.0258 e. The average molecular weight is 195 g/mol. The molecule has 1 rings (SSSR count). The molecule has 0 bridgehead atoms. The van der Waals surface area contributed by atoms with Crippen LogP contribution >= 0.6 is 0 Å². The first-order chi connectivity index (χ1) is 6.74. The SMILES string of the molecule is C=C(NC1CCCCCC1)C(C)CC. The highest BCUT2D eigenvalue weighted by atomic mass is 14.9. The lowest BCUT2D eigenvalue weighted by atomic mass is 10.0. The van der Waals surface area contributed by atoms with E-state index < -0.39 is 0 Å². The van der Waals surface area contributed by atoms with Gasteiger partial charge in [0, 0.05) is 11.7 Å². The summed E-state index contributed by atoms with van der Waals surface area (Å²) >= 11 is 0. The van der Waals surface area contributed by atoms with E-state index in [1.54, 1.807) is 0 Å². The van der Waals surface area contributed by atoms with E-state index in [2.05, 4.69) is 25.7 Å². The molecule has 82 valence electrons. The van der Waals surface area contributed by atoms with E-state index in [-0.39, 0.29) is 0 Å². The molecule has 0 saturated heterocycles. The van der Waals surface area contributed by atoms with Gasteiger partial charge in [-0.25, -0.2) is 0 Å². The number of hydrogen-bond donors (Lipinski definition) is 1. The lowest BCUT2D eigenvalue weighted by molar-refractivity contribution is 0.464. The fourth-order valence-electron chi connectivity index (χ4n) is 2.07. The third-order valence-electron chi connectivity index (χ3n) is 3.45. The zero-order chi connectivity index (χ0) is 10.4. The highest BCUT2D eigenvalue weighted by molar-refractivity contribution is 4.98. The van der Waals surface area contributed by atoms with Gasteiger partial charge in [0.2, 0.25) is 0 Å². The van der Waals surface area contributed by atoms with Crippen molar-refractivity contribution in [1.82, 2.24) is 5.32 Å². The Labute approximate surface area is 89.0 Å². The van der Waals surface area contributed by atoms with Gasteiger partial charge >= 0.3 is 0 Å². The van der Waals surface area contributed by atoms with E-state index in [1.807, 2.05) is 0 Å². The predicted octanol–water partition coefficient (Wildman–Crippen LogP) is 3.86. The third-order valence-corrected chi connectivity index (χ3v) is 3.45. The van der Waals surface area contributed by atoms with Gasteiger partial charge < -0.3 is 5.32 Å². The van der Waals surface area contributed by atoms with Crippen LogP contribution in [0.3, 0.4) is 0 Å². The van der Waals surface area contributed by atoms with Crippen LogP contribution in [0.4, 0.5) is 0 Å². The van der Waals surface area contributed by atoms with Gasteiger partial charge in [-0.2, -0.15) is 0 Å². The van der Waals surface area contributed by atoms with Crippen LogP contribution < -0.4 is 5.32 Å². The van der Waals surface area contributed by atoms with E-state index in [1.165, 1.54) is 50.6 Å². The van der Waals surface area contributed by atoms with Crippen molar-refractivity contribution in [2.75, 3.05) is 0 Å². The summed E-state index contributed by atoms with van der Waals surface area (Å²) in [5, 5.41) is 3.62. The largest absolute Gasteiger partial charge is 0.386 e. The van der Waals surface area contributed by atoms with Gasteiger partial charge in [-0.15, -0.1) is 0 Å². The molecule has 0 amide bonds. The molecule has 0 heterocycles. The van der Waals surface area contributed by atoms with Crippen molar-refractivity contribution in [3.63, 3.8) is 0 Å². The van der Waals surface area contributed by atoms with Crippen LogP contribution in [-0.4, -0.2) is 6.04 Å². The molecule has 1 aliphatic rings. The van der Waals surface area contributed by atoms with Gasteiger partial charge in [0.05, 0.1) is 0 Å². The molecule has 1 unspecified atom stereocenters. The summed E-state index contributed by atoms with van der Waals surface area (Å²) in [7, 11) is 0. The second-order valence-electron chi connectivity index (χ2n) is 4.67. The van der Waals surface area contributed by atoms with Crippen molar-refractivity contribution < 1.29 is 0 Å². The minimum atomic E-state index is 0.623. The van der Waals surface area contributed by atoms with E-state index in [4.69, 9.17) is 0 Å². The Morgan fingerprint density at radius 2 is 1.86 bits per heavy atom. The van der Waals surface area contributed by atoms with Crippen LogP contribution in [-0.2, 0) is 0 Å². The zero-order valence-electron chi connectivity index (χ0n) is 9.81. The Morgan fingerprint density at radius 1 is 1.29 bits per heavy atom. The summed E-state index contributed by atoms with van der Waals surface area (Å²) in [5.74, 6) is 0.623. The summed E-state index contributed by atoms with van der Waals surface area (Å²) < 4.78 is 0. The number of rotatable bonds is 4. The lowest BCUT2D eigenvalue weighted by Gasteiger charge is -2.22. The predicted molar refractivity (Wildman–Crippen MR) is 63.2 cm³/mol. The van der Waals surface area contributed by atoms with Gasteiger partial charge in [-0.3, -0.25) is 0 Å². The molecular formula is C13H25N. The fourth-order valence-corrected chi connectivity index (χ4v) is 2.07. The van der Waals surface area contributed by atoms with Crippen LogP contribution in [0.1, 0.15) is 58.8 Å². The Balaban J connectivity index is 2.30. The molecule has 1 heteroatoms.